The number of nitrogen functional groups attached to an aromatic ring is 1. The first-order valence-electron chi connectivity index (χ1n) is 25.4. The summed E-state index contributed by atoms with van der Waals surface area (Å²) in [6.07, 6.45) is 5.10. The molecule has 1 aliphatic rings. The molecule has 0 aliphatic carbocycles. The van der Waals surface area contributed by atoms with Crippen LogP contribution in [0.15, 0.2) is 218 Å². The Bertz CT molecular complexity index is 3270. The van der Waals surface area contributed by atoms with Gasteiger partial charge >= 0.3 is 5.97 Å². The topological polar surface area (TPSA) is 158 Å². The minimum Gasteiger partial charge on any atom is -0.495 e. The van der Waals surface area contributed by atoms with Crippen LogP contribution < -0.4 is 41.9 Å². The third-order valence-corrected chi connectivity index (χ3v) is 17.9. The number of carbonyl (C=O) groups excluding carboxylic acids is 1. The maximum absolute atomic E-state index is 13.6. The number of pyridine rings is 2. The van der Waals surface area contributed by atoms with Crippen LogP contribution in [0.1, 0.15) is 32.9 Å². The van der Waals surface area contributed by atoms with Crippen molar-refractivity contribution in [1.82, 2.24) is 20.2 Å². The van der Waals surface area contributed by atoms with Crippen molar-refractivity contribution >= 4 is 74.3 Å². The smallest absolute Gasteiger partial charge is 0.323 e. The summed E-state index contributed by atoms with van der Waals surface area (Å²) < 4.78 is 5.40. The van der Waals surface area contributed by atoms with E-state index in [9.17, 15) is 9.59 Å². The van der Waals surface area contributed by atoms with Gasteiger partial charge in [0.2, 0.25) is 0 Å². The second-order valence-electron chi connectivity index (χ2n) is 18.6. The van der Waals surface area contributed by atoms with Gasteiger partial charge in [0.15, 0.2) is 0 Å². The Morgan fingerprint density at radius 2 is 1.28 bits per heavy atom. The predicted octanol–water partition coefficient (Wildman–Crippen LogP) is 9.94. The summed E-state index contributed by atoms with van der Waals surface area (Å²) in [4.78, 5) is 42.6. The van der Waals surface area contributed by atoms with Crippen molar-refractivity contribution < 1.29 is 19.4 Å². The number of carboxylic acid groups (broad SMARTS) is 1. The molecule has 3 heterocycles. The molecule has 2 aromatic heterocycles. The molecular formula is C63H62N8O4P+. The predicted molar refractivity (Wildman–Crippen MR) is 312 cm³/mol. The number of ether oxygens (including phenoxy) is 1. The molecule has 0 radical (unpaired) electrons. The van der Waals surface area contributed by atoms with Gasteiger partial charge in [-0.3, -0.25) is 29.4 Å². The number of anilines is 3. The molecule has 0 saturated heterocycles. The lowest BCUT2D eigenvalue weighted by Crippen LogP contribution is -2.37. The van der Waals surface area contributed by atoms with Gasteiger partial charge in [-0.05, 0) is 131 Å². The number of methoxy groups -OCH3 is 1. The van der Waals surface area contributed by atoms with Crippen LogP contribution in [0.5, 0.6) is 5.75 Å². The Hall–Kier alpha value is -8.70. The molecule has 0 spiro atoms. The number of nitrogens with one attached hydrogen (secondary N) is 2. The number of aromatic nitrogens is 2. The first kappa shape index (κ1) is 52.2. The van der Waals surface area contributed by atoms with Crippen LogP contribution in [-0.2, 0) is 24.3 Å². The number of fused-ring (bicyclic) bond motifs is 2. The van der Waals surface area contributed by atoms with Gasteiger partial charge in [-0.15, -0.1) is 0 Å². The molecule has 13 heteroatoms. The molecule has 5 N–H and O–H groups in total. The molecule has 1 amide bonds. The average Bonchev–Trinajstić information content (AvgIpc) is 3.91. The zero-order valence-corrected chi connectivity index (χ0v) is 43.7. The van der Waals surface area contributed by atoms with Gasteiger partial charge in [-0.25, -0.2) is 0 Å². The number of carboxylic acids is 1. The highest BCUT2D eigenvalue weighted by molar-refractivity contribution is 7.95. The molecular weight excluding hydrogens is 964 g/mol. The number of aliphatic imine (C=N–C) groups is 1. The van der Waals surface area contributed by atoms with Crippen LogP contribution in [0, 0.1) is 0 Å². The third-order valence-electron chi connectivity index (χ3n) is 13.4. The second kappa shape index (κ2) is 25.0. The first-order chi connectivity index (χ1) is 37.1. The number of carbonyl (C=O) groups is 2. The van der Waals surface area contributed by atoms with E-state index in [1.54, 1.807) is 19.1 Å². The molecule has 7 aromatic carbocycles. The molecule has 0 unspecified atom stereocenters. The monoisotopic (exact) mass is 1030 g/mol. The molecule has 76 heavy (non-hydrogen) atoms. The van der Waals surface area contributed by atoms with E-state index < -0.39 is 13.2 Å². The highest BCUT2D eigenvalue weighted by atomic mass is 31.2. The van der Waals surface area contributed by atoms with Crippen molar-refractivity contribution in [3.8, 4) is 5.75 Å². The van der Waals surface area contributed by atoms with Crippen LogP contribution in [0.2, 0.25) is 0 Å². The summed E-state index contributed by atoms with van der Waals surface area (Å²) in [6.45, 7) is 3.60. The SMILES string of the molecule is CN(CC(=O)O)c1ccc2cc(C3=Nc4ccc(C(=O)NCC[P+](c5ccccc5)(c5ccccc5)c5ccccc5)cc4C3)ccc2c1.COc1cc(N)ccc1NCCN(Cc1ccccn1)Cc1ccccn1. The fourth-order valence-corrected chi connectivity index (χ4v) is 13.8. The quantitative estimate of drug-likeness (QED) is 0.0428. The minimum absolute atomic E-state index is 0.0596. The summed E-state index contributed by atoms with van der Waals surface area (Å²) in [5.74, 6) is -0.205. The normalized spacial score (nSPS) is 11.8. The number of hydrogen-bond acceptors (Lipinski definition) is 10. The second-order valence-corrected chi connectivity index (χ2v) is 22.2. The van der Waals surface area contributed by atoms with Crippen molar-refractivity contribution in [1.29, 1.82) is 0 Å². The van der Waals surface area contributed by atoms with Crippen LogP contribution in [0.25, 0.3) is 10.8 Å². The van der Waals surface area contributed by atoms with Crippen LogP contribution >= 0.6 is 7.26 Å². The summed E-state index contributed by atoms with van der Waals surface area (Å²) >= 11 is 0. The van der Waals surface area contributed by atoms with Crippen LogP contribution in [-0.4, -0.2) is 84.1 Å². The molecule has 1 aliphatic heterocycles. The Balaban J connectivity index is 0.000000221. The summed E-state index contributed by atoms with van der Waals surface area (Å²) in [5, 5.41) is 21.8. The van der Waals surface area contributed by atoms with Crippen LogP contribution in [0.4, 0.5) is 22.7 Å². The van der Waals surface area contributed by atoms with E-state index >= 15 is 0 Å². The van der Waals surface area contributed by atoms with Crippen molar-refractivity contribution in [2.24, 2.45) is 4.99 Å². The lowest BCUT2D eigenvalue weighted by atomic mass is 9.99. The largest absolute Gasteiger partial charge is 0.495 e. The lowest BCUT2D eigenvalue weighted by molar-refractivity contribution is -0.135. The van der Waals surface area contributed by atoms with Gasteiger partial charge in [0.25, 0.3) is 5.91 Å². The van der Waals surface area contributed by atoms with E-state index in [1.807, 2.05) is 103 Å². The fourth-order valence-electron chi connectivity index (χ4n) is 9.63. The van der Waals surface area contributed by atoms with Gasteiger partial charge in [-0.1, -0.05) is 84.9 Å². The lowest BCUT2D eigenvalue weighted by Gasteiger charge is -2.27. The maximum Gasteiger partial charge on any atom is 0.323 e. The Labute approximate surface area is 445 Å². The molecule has 10 rings (SSSR count). The first-order valence-corrected chi connectivity index (χ1v) is 27.3. The van der Waals surface area contributed by atoms with Gasteiger partial charge in [0, 0.05) is 75.0 Å². The highest BCUT2D eigenvalue weighted by Crippen LogP contribution is 2.54. The van der Waals surface area contributed by atoms with E-state index in [4.69, 9.17) is 20.6 Å². The van der Waals surface area contributed by atoms with Gasteiger partial charge in [-0.2, -0.15) is 0 Å². The van der Waals surface area contributed by atoms with E-state index in [1.165, 1.54) is 15.9 Å². The number of benzene rings is 7. The van der Waals surface area contributed by atoms with Crippen molar-refractivity contribution in [3.63, 3.8) is 0 Å². The molecule has 9 aromatic rings. The van der Waals surface area contributed by atoms with E-state index in [0.717, 1.165) is 94.2 Å². The highest BCUT2D eigenvalue weighted by Gasteiger charge is 2.44. The zero-order chi connectivity index (χ0) is 52.7. The fraction of sp³-hybridized carbons (Fsp3) is 0.159. The Morgan fingerprint density at radius 1 is 0.671 bits per heavy atom. The summed E-state index contributed by atoms with van der Waals surface area (Å²) in [5.41, 5.74) is 14.9. The van der Waals surface area contributed by atoms with Gasteiger partial charge in [0.1, 0.15) is 35.5 Å². The molecule has 0 atom stereocenters. The van der Waals surface area contributed by atoms with Gasteiger partial charge in [0.05, 0.1) is 48.3 Å². The Kier molecular flexibility index (Phi) is 17.2. The van der Waals surface area contributed by atoms with Crippen molar-refractivity contribution in [3.05, 3.63) is 241 Å². The Morgan fingerprint density at radius 3 is 1.87 bits per heavy atom. The summed E-state index contributed by atoms with van der Waals surface area (Å²) in [7, 11) is 1.38. The van der Waals surface area contributed by atoms with E-state index in [-0.39, 0.29) is 12.5 Å². The average molecular weight is 1030 g/mol. The number of aliphatic carboxylic acids is 1. The van der Waals surface area contributed by atoms with E-state index in [2.05, 4.69) is 135 Å². The molecule has 0 fully saturated rings. The zero-order valence-electron chi connectivity index (χ0n) is 42.8. The summed E-state index contributed by atoms with van der Waals surface area (Å²) in [6, 6.07) is 67.7. The molecule has 0 bridgehead atoms. The minimum atomic E-state index is -2.05. The molecule has 0 saturated carbocycles. The molecule has 382 valence electrons. The van der Waals surface area contributed by atoms with Crippen molar-refractivity contribution in [2.45, 2.75) is 19.5 Å². The standard InChI is InChI=1S/C42H36N3O3P.C21H25N5O/c1-45(29-41(46)47)35-21-19-30-25-32(18-17-31(30)27-35)40-28-34-26-33(20-22-39(34)44-40)42(48)43-23-24-49(36-11-5-2-6-12-36,37-13-7-3-8-14-37)38-15-9-4-10-16-38;1-27-21-14-17(22)8-9-20(21)25-12-13-26(15-18-6-2-4-10-23-18)16-19-7-3-5-11-24-19/h2-22,25-27H,23-24,28-29H2,1H3,(H-,43,46,47,48);2-11,14,25H,12-13,15-16,22H2,1H3/p+1. The van der Waals surface area contributed by atoms with E-state index in [0.29, 0.717) is 24.2 Å². The number of likely N-dealkylation sites (N-methyl/N-ethyl adjacent to an activating group) is 1. The maximum atomic E-state index is 13.6. The van der Waals surface area contributed by atoms with Gasteiger partial charge < -0.3 is 31.1 Å². The van der Waals surface area contributed by atoms with Crippen molar-refractivity contribution in [2.75, 3.05) is 62.4 Å². The number of nitrogens with zero attached hydrogens (tertiary/aromatic N) is 5. The van der Waals surface area contributed by atoms with Crippen LogP contribution in [0.3, 0.4) is 0 Å². The number of hydrogen-bond donors (Lipinski definition) is 4. The number of rotatable bonds is 20. The number of amides is 1. The third kappa shape index (κ3) is 13.0. The number of nitrogens with two attached hydrogens (primary N) is 1. The molecule has 12 nitrogen and oxygen atoms in total.